The Morgan fingerprint density at radius 1 is 1.27 bits per heavy atom. The first-order valence-corrected chi connectivity index (χ1v) is 10.6. The van der Waals surface area contributed by atoms with Gasteiger partial charge in [0.15, 0.2) is 5.82 Å². The standard InChI is InChI=1S/C23H25N5O2/c1-16-5-8-19(14-25-16)21(29)28-11-3-9-23(15-28,12-17-6-7-17)22-26-20(30-27-22)18-4-2-10-24-13-18/h2,4-5,8,10,13-14,17H,3,6-7,9,11-12,15H2,1H3. The van der Waals surface area contributed by atoms with Crippen LogP contribution in [-0.2, 0) is 5.41 Å². The van der Waals surface area contributed by atoms with Crippen molar-refractivity contribution in [2.24, 2.45) is 5.92 Å². The molecule has 1 amide bonds. The molecule has 2 aliphatic rings. The summed E-state index contributed by atoms with van der Waals surface area (Å²) in [4.78, 5) is 28.3. The number of aryl methyl sites for hydroxylation is 1. The molecule has 0 aromatic carbocycles. The monoisotopic (exact) mass is 403 g/mol. The van der Waals surface area contributed by atoms with E-state index < -0.39 is 0 Å². The molecule has 0 bridgehead atoms. The number of aromatic nitrogens is 4. The Morgan fingerprint density at radius 2 is 2.17 bits per heavy atom. The van der Waals surface area contributed by atoms with Crippen molar-refractivity contribution in [2.75, 3.05) is 13.1 Å². The minimum Gasteiger partial charge on any atom is -0.338 e. The van der Waals surface area contributed by atoms with Crippen molar-refractivity contribution in [2.45, 2.75) is 44.4 Å². The van der Waals surface area contributed by atoms with Gasteiger partial charge in [0, 0.05) is 37.4 Å². The SMILES string of the molecule is Cc1ccc(C(=O)N2CCCC(CC3CC3)(c3noc(-c4cccnc4)n3)C2)cn1. The van der Waals surface area contributed by atoms with Gasteiger partial charge in [-0.3, -0.25) is 14.8 Å². The van der Waals surface area contributed by atoms with E-state index in [1.54, 1.807) is 18.6 Å². The molecular formula is C23H25N5O2. The average molecular weight is 403 g/mol. The van der Waals surface area contributed by atoms with Crippen molar-refractivity contribution in [1.29, 1.82) is 0 Å². The minimum absolute atomic E-state index is 0.0262. The van der Waals surface area contributed by atoms with Gasteiger partial charge in [0.2, 0.25) is 0 Å². The molecule has 1 saturated carbocycles. The van der Waals surface area contributed by atoms with Crippen molar-refractivity contribution in [3.05, 3.63) is 59.9 Å². The van der Waals surface area contributed by atoms with Crippen molar-refractivity contribution in [3.63, 3.8) is 0 Å². The topological polar surface area (TPSA) is 85.0 Å². The van der Waals surface area contributed by atoms with E-state index in [1.807, 2.05) is 36.1 Å². The lowest BCUT2D eigenvalue weighted by molar-refractivity contribution is 0.0606. The molecule has 0 radical (unpaired) electrons. The molecule has 1 unspecified atom stereocenters. The molecule has 5 rings (SSSR count). The number of piperidine rings is 1. The van der Waals surface area contributed by atoms with Crippen LogP contribution in [-0.4, -0.2) is 44.0 Å². The quantitative estimate of drug-likeness (QED) is 0.644. The summed E-state index contributed by atoms with van der Waals surface area (Å²) in [6.07, 6.45) is 10.5. The fourth-order valence-electron chi connectivity index (χ4n) is 4.44. The van der Waals surface area contributed by atoms with Gasteiger partial charge in [0.05, 0.1) is 16.5 Å². The average Bonchev–Trinajstić information content (AvgIpc) is 3.44. The Kier molecular flexibility index (Phi) is 4.81. The maximum Gasteiger partial charge on any atom is 0.259 e. The zero-order valence-corrected chi connectivity index (χ0v) is 17.1. The number of hydrogen-bond donors (Lipinski definition) is 0. The summed E-state index contributed by atoms with van der Waals surface area (Å²) in [5, 5.41) is 4.38. The third-order valence-electron chi connectivity index (χ3n) is 6.21. The lowest BCUT2D eigenvalue weighted by atomic mass is 9.74. The van der Waals surface area contributed by atoms with Gasteiger partial charge in [0.1, 0.15) is 0 Å². The summed E-state index contributed by atoms with van der Waals surface area (Å²) >= 11 is 0. The predicted octanol–water partition coefficient (Wildman–Crippen LogP) is 3.81. The molecule has 7 heteroatoms. The first-order valence-electron chi connectivity index (χ1n) is 10.6. The minimum atomic E-state index is -0.267. The molecule has 1 saturated heterocycles. The number of carbonyl (C=O) groups excluding carboxylic acids is 1. The molecule has 154 valence electrons. The highest BCUT2D eigenvalue weighted by Crippen LogP contribution is 2.46. The maximum atomic E-state index is 13.2. The van der Waals surface area contributed by atoms with Crippen molar-refractivity contribution in [1.82, 2.24) is 25.0 Å². The van der Waals surface area contributed by atoms with Crippen LogP contribution in [0.15, 0.2) is 47.4 Å². The Hall–Kier alpha value is -3.09. The van der Waals surface area contributed by atoms with E-state index in [9.17, 15) is 4.79 Å². The van der Waals surface area contributed by atoms with Gasteiger partial charge in [-0.15, -0.1) is 0 Å². The largest absolute Gasteiger partial charge is 0.338 e. The van der Waals surface area contributed by atoms with Gasteiger partial charge in [-0.2, -0.15) is 4.98 Å². The highest BCUT2D eigenvalue weighted by Gasteiger charge is 2.46. The van der Waals surface area contributed by atoms with Crippen LogP contribution in [0.2, 0.25) is 0 Å². The molecule has 0 spiro atoms. The van der Waals surface area contributed by atoms with Gasteiger partial charge in [-0.25, -0.2) is 0 Å². The van der Waals surface area contributed by atoms with Crippen molar-refractivity contribution < 1.29 is 9.32 Å². The predicted molar refractivity (Wildman–Crippen MR) is 111 cm³/mol. The third kappa shape index (κ3) is 3.72. The smallest absolute Gasteiger partial charge is 0.259 e. The van der Waals surface area contributed by atoms with E-state index in [4.69, 9.17) is 9.51 Å². The number of pyridine rings is 2. The van der Waals surface area contributed by atoms with E-state index in [0.717, 1.165) is 37.1 Å². The van der Waals surface area contributed by atoms with Gasteiger partial charge in [-0.1, -0.05) is 18.0 Å². The van der Waals surface area contributed by atoms with Crippen LogP contribution in [0, 0.1) is 12.8 Å². The highest BCUT2D eigenvalue weighted by atomic mass is 16.5. The normalized spacial score (nSPS) is 21.6. The number of amides is 1. The summed E-state index contributed by atoms with van der Waals surface area (Å²) in [6, 6.07) is 7.51. The van der Waals surface area contributed by atoms with E-state index in [2.05, 4.69) is 15.1 Å². The molecule has 3 aromatic heterocycles. The van der Waals surface area contributed by atoms with E-state index in [-0.39, 0.29) is 11.3 Å². The van der Waals surface area contributed by atoms with Crippen LogP contribution < -0.4 is 0 Å². The Bertz CT molecular complexity index is 1030. The zero-order chi connectivity index (χ0) is 20.6. The Morgan fingerprint density at radius 3 is 2.90 bits per heavy atom. The first-order chi connectivity index (χ1) is 14.6. The molecule has 2 fully saturated rings. The van der Waals surface area contributed by atoms with Gasteiger partial charge in [0.25, 0.3) is 11.8 Å². The van der Waals surface area contributed by atoms with Gasteiger partial charge in [-0.05, 0) is 56.4 Å². The molecule has 4 heterocycles. The van der Waals surface area contributed by atoms with E-state index >= 15 is 0 Å². The number of likely N-dealkylation sites (tertiary alicyclic amines) is 1. The molecular weight excluding hydrogens is 378 g/mol. The Labute approximate surface area is 175 Å². The number of rotatable bonds is 5. The van der Waals surface area contributed by atoms with E-state index in [0.29, 0.717) is 29.7 Å². The van der Waals surface area contributed by atoms with Crippen LogP contribution in [0.4, 0.5) is 0 Å². The number of hydrogen-bond acceptors (Lipinski definition) is 6. The summed E-state index contributed by atoms with van der Waals surface area (Å²) in [5.41, 5.74) is 2.08. The fourth-order valence-corrected chi connectivity index (χ4v) is 4.44. The number of nitrogens with zero attached hydrogens (tertiary/aromatic N) is 5. The maximum absolute atomic E-state index is 13.2. The van der Waals surface area contributed by atoms with Crippen LogP contribution in [0.3, 0.4) is 0 Å². The first kappa shape index (κ1) is 18.9. The summed E-state index contributed by atoms with van der Waals surface area (Å²) in [5.74, 6) is 1.91. The molecule has 3 aromatic rings. The summed E-state index contributed by atoms with van der Waals surface area (Å²) in [6.45, 7) is 3.28. The highest BCUT2D eigenvalue weighted by molar-refractivity contribution is 5.94. The number of carbonyl (C=O) groups is 1. The second-order valence-electron chi connectivity index (χ2n) is 8.61. The van der Waals surface area contributed by atoms with Crippen LogP contribution in [0.25, 0.3) is 11.5 Å². The lowest BCUT2D eigenvalue weighted by Crippen LogP contribution is -2.49. The molecule has 1 aliphatic heterocycles. The molecule has 7 nitrogen and oxygen atoms in total. The van der Waals surface area contributed by atoms with Crippen LogP contribution >= 0.6 is 0 Å². The lowest BCUT2D eigenvalue weighted by Gasteiger charge is -2.41. The van der Waals surface area contributed by atoms with Crippen molar-refractivity contribution in [3.8, 4) is 11.5 Å². The Balaban J connectivity index is 1.44. The third-order valence-corrected chi connectivity index (χ3v) is 6.21. The summed E-state index contributed by atoms with van der Waals surface area (Å²) in [7, 11) is 0. The fraction of sp³-hybridized carbons (Fsp3) is 0.435. The zero-order valence-electron chi connectivity index (χ0n) is 17.1. The second kappa shape index (κ2) is 7.63. The van der Waals surface area contributed by atoms with Gasteiger partial charge >= 0.3 is 0 Å². The van der Waals surface area contributed by atoms with Gasteiger partial charge < -0.3 is 9.42 Å². The molecule has 1 atom stereocenters. The van der Waals surface area contributed by atoms with E-state index in [1.165, 1.54) is 12.8 Å². The summed E-state index contributed by atoms with van der Waals surface area (Å²) < 4.78 is 5.61. The van der Waals surface area contributed by atoms with Crippen LogP contribution in [0.5, 0.6) is 0 Å². The van der Waals surface area contributed by atoms with Crippen molar-refractivity contribution >= 4 is 5.91 Å². The van der Waals surface area contributed by atoms with Crippen LogP contribution in [0.1, 0.15) is 54.0 Å². The molecule has 30 heavy (non-hydrogen) atoms. The molecule has 1 aliphatic carbocycles. The second-order valence-corrected chi connectivity index (χ2v) is 8.61. The molecule has 0 N–H and O–H groups in total.